The van der Waals surface area contributed by atoms with Crippen molar-refractivity contribution in [2.24, 2.45) is 5.92 Å². The van der Waals surface area contributed by atoms with Crippen molar-refractivity contribution < 1.29 is 29.1 Å². The van der Waals surface area contributed by atoms with Crippen LogP contribution in [0.4, 0.5) is 4.79 Å². The number of hydrogen-bond donors (Lipinski definition) is 2. The van der Waals surface area contributed by atoms with E-state index in [0.717, 1.165) is 27.3 Å². The van der Waals surface area contributed by atoms with Gasteiger partial charge in [-0.05, 0) is 35.1 Å². The summed E-state index contributed by atoms with van der Waals surface area (Å²) >= 11 is 0. The lowest BCUT2D eigenvalue weighted by molar-refractivity contribution is -0.189. The topological polar surface area (TPSA) is 105 Å². The van der Waals surface area contributed by atoms with E-state index in [2.05, 4.69) is 29.6 Å². The van der Waals surface area contributed by atoms with Crippen LogP contribution >= 0.6 is 0 Å². The van der Waals surface area contributed by atoms with Crippen LogP contribution in [0.3, 0.4) is 0 Å². The number of fused-ring (bicyclic) bond motifs is 3. The molecule has 4 rings (SSSR count). The molecule has 2 aliphatic rings. The number of nitrogens with zero attached hydrogens (tertiary/aromatic N) is 1. The van der Waals surface area contributed by atoms with Gasteiger partial charge in [-0.3, -0.25) is 9.63 Å². The second kappa shape index (κ2) is 9.87. The van der Waals surface area contributed by atoms with E-state index in [1.54, 1.807) is 0 Å². The summed E-state index contributed by atoms with van der Waals surface area (Å²) in [6, 6.07) is 15.9. The molecule has 0 bridgehead atoms. The number of carboxylic acids is 1. The largest absolute Gasteiger partial charge is 0.479 e. The SMILES string of the molecule is CN(OCC(=O)O)C(=O)[C@@H]1CC=C[C@@H](NC(=O)OCC2c3ccccc3-c3ccccc32)C1. The lowest BCUT2D eigenvalue weighted by Crippen LogP contribution is -2.41. The average Bonchev–Trinajstić information content (AvgIpc) is 3.14. The van der Waals surface area contributed by atoms with Gasteiger partial charge < -0.3 is 15.2 Å². The Morgan fingerprint density at radius 2 is 1.70 bits per heavy atom. The first-order valence-corrected chi connectivity index (χ1v) is 10.8. The number of allylic oxidation sites excluding steroid dienone is 1. The van der Waals surface area contributed by atoms with E-state index >= 15 is 0 Å². The van der Waals surface area contributed by atoms with E-state index in [0.29, 0.717) is 12.8 Å². The summed E-state index contributed by atoms with van der Waals surface area (Å²) in [6.07, 6.45) is 3.98. The summed E-state index contributed by atoms with van der Waals surface area (Å²) in [5, 5.41) is 12.5. The fourth-order valence-corrected chi connectivity index (χ4v) is 4.46. The van der Waals surface area contributed by atoms with Gasteiger partial charge in [0, 0.05) is 18.9 Å². The molecule has 0 unspecified atom stereocenters. The summed E-state index contributed by atoms with van der Waals surface area (Å²) in [5.41, 5.74) is 4.60. The first kappa shape index (κ1) is 22.5. The molecule has 2 atom stereocenters. The van der Waals surface area contributed by atoms with Crippen molar-refractivity contribution in [1.82, 2.24) is 10.4 Å². The van der Waals surface area contributed by atoms with Crippen LogP contribution in [0, 0.1) is 5.92 Å². The summed E-state index contributed by atoms with van der Waals surface area (Å²) in [6.45, 7) is -0.378. The molecule has 0 spiro atoms. The zero-order valence-corrected chi connectivity index (χ0v) is 18.3. The first-order valence-electron chi connectivity index (χ1n) is 10.8. The average molecular weight is 450 g/mol. The molecule has 8 heteroatoms. The Balaban J connectivity index is 1.32. The van der Waals surface area contributed by atoms with Gasteiger partial charge in [-0.25, -0.2) is 14.7 Å². The fourth-order valence-electron chi connectivity index (χ4n) is 4.46. The van der Waals surface area contributed by atoms with E-state index in [1.165, 1.54) is 7.05 Å². The monoisotopic (exact) mass is 450 g/mol. The van der Waals surface area contributed by atoms with Crippen molar-refractivity contribution >= 4 is 18.0 Å². The van der Waals surface area contributed by atoms with Crippen molar-refractivity contribution in [2.75, 3.05) is 20.3 Å². The van der Waals surface area contributed by atoms with Crippen LogP contribution in [-0.2, 0) is 19.2 Å². The van der Waals surface area contributed by atoms with E-state index in [9.17, 15) is 14.4 Å². The Labute approximate surface area is 191 Å². The molecule has 0 saturated heterocycles. The van der Waals surface area contributed by atoms with Gasteiger partial charge in [-0.2, -0.15) is 0 Å². The van der Waals surface area contributed by atoms with Crippen molar-refractivity contribution in [3.63, 3.8) is 0 Å². The third-order valence-electron chi connectivity index (χ3n) is 6.02. The molecule has 0 aliphatic heterocycles. The van der Waals surface area contributed by atoms with Crippen molar-refractivity contribution in [2.45, 2.75) is 24.8 Å². The zero-order valence-electron chi connectivity index (χ0n) is 18.3. The van der Waals surface area contributed by atoms with Crippen molar-refractivity contribution in [3.05, 3.63) is 71.8 Å². The number of hydroxylamine groups is 2. The normalized spacial score (nSPS) is 18.8. The van der Waals surface area contributed by atoms with E-state index < -0.39 is 24.6 Å². The number of aliphatic carboxylic acids is 1. The summed E-state index contributed by atoms with van der Waals surface area (Å²) in [5.74, 6) is -1.94. The molecule has 33 heavy (non-hydrogen) atoms. The molecule has 2 aliphatic carbocycles. The van der Waals surface area contributed by atoms with Gasteiger partial charge in [-0.1, -0.05) is 60.7 Å². The van der Waals surface area contributed by atoms with E-state index in [1.807, 2.05) is 36.4 Å². The molecule has 0 aromatic heterocycles. The minimum atomic E-state index is -1.16. The van der Waals surface area contributed by atoms with Gasteiger partial charge >= 0.3 is 12.1 Å². The van der Waals surface area contributed by atoms with Gasteiger partial charge in [-0.15, -0.1) is 0 Å². The fraction of sp³-hybridized carbons (Fsp3) is 0.320. The van der Waals surface area contributed by atoms with Crippen LogP contribution in [0.2, 0.25) is 0 Å². The number of rotatable bonds is 7. The van der Waals surface area contributed by atoms with Crippen molar-refractivity contribution in [3.8, 4) is 11.1 Å². The zero-order chi connectivity index (χ0) is 23.4. The first-order chi connectivity index (χ1) is 15.9. The van der Waals surface area contributed by atoms with Crippen LogP contribution in [0.5, 0.6) is 0 Å². The van der Waals surface area contributed by atoms with Gasteiger partial charge in [0.1, 0.15) is 6.61 Å². The molecular weight excluding hydrogens is 424 g/mol. The number of carbonyl (C=O) groups is 3. The van der Waals surface area contributed by atoms with Crippen LogP contribution < -0.4 is 5.32 Å². The second-order valence-corrected chi connectivity index (χ2v) is 8.18. The molecule has 2 amide bonds. The maximum Gasteiger partial charge on any atom is 0.407 e. The second-order valence-electron chi connectivity index (χ2n) is 8.18. The molecule has 2 aromatic rings. The molecule has 0 heterocycles. The van der Waals surface area contributed by atoms with Gasteiger partial charge in [0.25, 0.3) is 0 Å². The maximum atomic E-state index is 12.5. The molecule has 2 N–H and O–H groups in total. The predicted molar refractivity (Wildman–Crippen MR) is 120 cm³/mol. The summed E-state index contributed by atoms with van der Waals surface area (Å²) in [7, 11) is 1.39. The quantitative estimate of drug-likeness (QED) is 0.495. The highest BCUT2D eigenvalue weighted by molar-refractivity contribution is 5.80. The van der Waals surface area contributed by atoms with Gasteiger partial charge in [0.15, 0.2) is 6.61 Å². The maximum absolute atomic E-state index is 12.5. The number of amides is 2. The molecule has 0 fully saturated rings. The minimum Gasteiger partial charge on any atom is -0.479 e. The highest BCUT2D eigenvalue weighted by Crippen LogP contribution is 2.44. The number of carbonyl (C=O) groups excluding carboxylic acids is 2. The number of carboxylic acid groups (broad SMARTS) is 1. The van der Waals surface area contributed by atoms with Crippen LogP contribution in [-0.4, -0.2) is 54.4 Å². The van der Waals surface area contributed by atoms with Crippen LogP contribution in [0.15, 0.2) is 60.7 Å². The third-order valence-corrected chi connectivity index (χ3v) is 6.02. The molecule has 0 saturated carbocycles. The summed E-state index contributed by atoms with van der Waals surface area (Å²) in [4.78, 5) is 40.6. The Morgan fingerprint density at radius 1 is 1.06 bits per heavy atom. The lowest BCUT2D eigenvalue weighted by atomic mass is 9.90. The molecule has 2 aromatic carbocycles. The standard InChI is InChI=1S/C25H26N2O6/c1-27(33-15-23(28)29)24(30)16-7-6-8-17(13-16)26-25(31)32-14-22-20-11-4-2-9-18(20)19-10-3-5-12-21(19)22/h2-6,8-12,16-17,22H,7,13-15H2,1H3,(H,26,31)(H,28,29)/t16-,17-/m1/s1. The smallest absolute Gasteiger partial charge is 0.407 e. The van der Waals surface area contributed by atoms with Crippen LogP contribution in [0.25, 0.3) is 11.1 Å². The number of nitrogens with one attached hydrogen (secondary N) is 1. The Morgan fingerprint density at radius 3 is 2.33 bits per heavy atom. The minimum absolute atomic E-state index is 0.0283. The van der Waals surface area contributed by atoms with Crippen LogP contribution in [0.1, 0.15) is 29.9 Å². The van der Waals surface area contributed by atoms with Gasteiger partial charge in [0.2, 0.25) is 5.91 Å². The molecule has 0 radical (unpaired) electrons. The lowest BCUT2D eigenvalue weighted by Gasteiger charge is -2.27. The third kappa shape index (κ3) is 5.06. The number of alkyl carbamates (subject to hydrolysis) is 1. The summed E-state index contributed by atoms with van der Waals surface area (Å²) < 4.78 is 5.58. The highest BCUT2D eigenvalue weighted by atomic mass is 16.7. The highest BCUT2D eigenvalue weighted by Gasteiger charge is 2.31. The Kier molecular flexibility index (Phi) is 6.74. The Bertz CT molecular complexity index is 1040. The van der Waals surface area contributed by atoms with Gasteiger partial charge in [0.05, 0.1) is 6.04 Å². The number of hydrogen-bond acceptors (Lipinski definition) is 5. The van der Waals surface area contributed by atoms with E-state index in [-0.39, 0.29) is 24.5 Å². The number of benzene rings is 2. The number of ether oxygens (including phenoxy) is 1. The predicted octanol–water partition coefficient (Wildman–Crippen LogP) is 3.33. The molecule has 8 nitrogen and oxygen atoms in total. The Hall–Kier alpha value is -3.65. The van der Waals surface area contributed by atoms with E-state index in [4.69, 9.17) is 14.7 Å². The molecular formula is C25H26N2O6. The van der Waals surface area contributed by atoms with Crippen molar-refractivity contribution in [1.29, 1.82) is 0 Å². The molecule has 172 valence electrons.